The second kappa shape index (κ2) is 6.33. The van der Waals surface area contributed by atoms with Gasteiger partial charge in [0, 0.05) is 29.9 Å². The van der Waals surface area contributed by atoms with Gasteiger partial charge in [0.05, 0.1) is 0 Å². The van der Waals surface area contributed by atoms with Gasteiger partial charge in [-0.3, -0.25) is 4.79 Å². The van der Waals surface area contributed by atoms with Crippen LogP contribution in [-0.4, -0.2) is 33.4 Å². The molecule has 0 aromatic carbocycles. The summed E-state index contributed by atoms with van der Waals surface area (Å²) >= 11 is 7.51. The first kappa shape index (κ1) is 14.9. The van der Waals surface area contributed by atoms with E-state index >= 15 is 0 Å². The van der Waals surface area contributed by atoms with E-state index in [0.717, 1.165) is 5.56 Å². The third-order valence-electron chi connectivity index (χ3n) is 3.04. The second-order valence-corrected chi connectivity index (χ2v) is 5.85. The maximum atomic E-state index is 12.6. The van der Waals surface area contributed by atoms with Crippen molar-refractivity contribution < 1.29 is 4.79 Å². The van der Waals surface area contributed by atoms with Gasteiger partial charge in [0.25, 0.3) is 5.91 Å². The predicted molar refractivity (Wildman–Crippen MR) is 82.2 cm³/mol. The first-order chi connectivity index (χ1) is 9.56. The van der Waals surface area contributed by atoms with Crippen LogP contribution in [0, 0.1) is 0 Å². The van der Waals surface area contributed by atoms with E-state index in [4.69, 9.17) is 11.6 Å². The molecule has 0 fully saturated rings. The van der Waals surface area contributed by atoms with Gasteiger partial charge in [-0.25, -0.2) is 9.97 Å². The summed E-state index contributed by atoms with van der Waals surface area (Å²) in [6.45, 7) is 6.66. The molecule has 0 bridgehead atoms. The summed E-state index contributed by atoms with van der Waals surface area (Å²) in [6.07, 6.45) is 3.03. The van der Waals surface area contributed by atoms with Gasteiger partial charge in [0.2, 0.25) is 0 Å². The Labute approximate surface area is 127 Å². The Balaban J connectivity index is 2.44. The van der Waals surface area contributed by atoms with Crippen LogP contribution in [0.5, 0.6) is 0 Å². The number of nitrogens with zero attached hydrogens (tertiary/aromatic N) is 3. The largest absolute Gasteiger partial charge is 0.336 e. The van der Waals surface area contributed by atoms with Gasteiger partial charge in [-0.05, 0) is 32.2 Å². The zero-order valence-corrected chi connectivity index (χ0v) is 13.2. The van der Waals surface area contributed by atoms with Crippen LogP contribution in [0.25, 0.3) is 11.1 Å². The van der Waals surface area contributed by atoms with E-state index in [-0.39, 0.29) is 11.9 Å². The molecule has 1 amide bonds. The average Bonchev–Trinajstić information content (AvgIpc) is 2.88. The van der Waals surface area contributed by atoms with E-state index in [9.17, 15) is 4.79 Å². The van der Waals surface area contributed by atoms with Crippen molar-refractivity contribution in [3.05, 3.63) is 34.0 Å². The Bertz CT molecular complexity index is 612. The highest BCUT2D eigenvalue weighted by molar-refractivity contribution is 7.12. The maximum Gasteiger partial charge on any atom is 0.264 e. The summed E-state index contributed by atoms with van der Waals surface area (Å²) in [7, 11) is 0. The number of hydrogen-bond acceptors (Lipinski definition) is 4. The molecular weight excluding hydrogens is 294 g/mol. The second-order valence-electron chi connectivity index (χ2n) is 4.58. The lowest BCUT2D eigenvalue weighted by atomic mass is 10.1. The highest BCUT2D eigenvalue weighted by Gasteiger charge is 2.23. The number of hydrogen-bond donors (Lipinski definition) is 0. The fourth-order valence-corrected chi connectivity index (χ4v) is 3.11. The summed E-state index contributed by atoms with van der Waals surface area (Å²) in [5, 5.41) is 2.25. The molecule has 6 heteroatoms. The molecule has 0 spiro atoms. The van der Waals surface area contributed by atoms with Crippen LogP contribution in [-0.2, 0) is 0 Å². The van der Waals surface area contributed by atoms with Crippen LogP contribution in [0.4, 0.5) is 0 Å². The average molecular weight is 310 g/mol. The first-order valence-electron chi connectivity index (χ1n) is 6.40. The highest BCUT2D eigenvalue weighted by Crippen LogP contribution is 2.32. The number of halogens is 1. The van der Waals surface area contributed by atoms with E-state index in [0.29, 0.717) is 22.1 Å². The molecular formula is C14H16ClN3OS. The Morgan fingerprint density at radius 1 is 1.45 bits per heavy atom. The van der Waals surface area contributed by atoms with E-state index < -0.39 is 0 Å². The van der Waals surface area contributed by atoms with Gasteiger partial charge < -0.3 is 4.90 Å². The van der Waals surface area contributed by atoms with Crippen LogP contribution in [0.15, 0.2) is 24.0 Å². The standard InChI is InChI=1S/C14H16ClN3OS/c1-4-18(9(2)3)14(19)12-10(5-6-20-12)11-7-16-8-17-13(11)15/h5-9H,4H2,1-3H3. The smallest absolute Gasteiger partial charge is 0.264 e. The Kier molecular flexibility index (Phi) is 4.73. The fraction of sp³-hybridized carbons (Fsp3) is 0.357. The number of aromatic nitrogens is 2. The van der Waals surface area contributed by atoms with Gasteiger partial charge in [-0.2, -0.15) is 0 Å². The zero-order chi connectivity index (χ0) is 14.7. The minimum atomic E-state index is 0.0208. The minimum absolute atomic E-state index is 0.0208. The Hall–Kier alpha value is -1.46. The van der Waals surface area contributed by atoms with Crippen LogP contribution < -0.4 is 0 Å². The summed E-state index contributed by atoms with van der Waals surface area (Å²) < 4.78 is 0. The maximum absolute atomic E-state index is 12.6. The monoisotopic (exact) mass is 309 g/mol. The molecule has 20 heavy (non-hydrogen) atoms. The molecule has 0 N–H and O–H groups in total. The van der Waals surface area contributed by atoms with Crippen LogP contribution in [0.3, 0.4) is 0 Å². The van der Waals surface area contributed by atoms with Crippen molar-refractivity contribution in [1.29, 1.82) is 0 Å². The number of thiophene rings is 1. The number of amides is 1. The lowest BCUT2D eigenvalue weighted by Crippen LogP contribution is -2.36. The molecule has 0 atom stereocenters. The van der Waals surface area contributed by atoms with Gasteiger partial charge in [0.15, 0.2) is 0 Å². The number of rotatable bonds is 4. The molecule has 0 saturated carbocycles. The van der Waals surface area contributed by atoms with Gasteiger partial charge in [-0.15, -0.1) is 11.3 Å². The predicted octanol–water partition coefficient (Wildman–Crippen LogP) is 3.73. The van der Waals surface area contributed by atoms with Crippen molar-refractivity contribution in [3.63, 3.8) is 0 Å². The van der Waals surface area contributed by atoms with Crippen molar-refractivity contribution in [2.45, 2.75) is 26.8 Å². The van der Waals surface area contributed by atoms with Crippen LogP contribution in [0.2, 0.25) is 5.15 Å². The molecule has 0 unspecified atom stereocenters. The normalized spacial score (nSPS) is 10.8. The third kappa shape index (κ3) is 2.83. The van der Waals surface area contributed by atoms with Crippen LogP contribution in [0.1, 0.15) is 30.4 Å². The minimum Gasteiger partial charge on any atom is -0.336 e. The summed E-state index contributed by atoms with van der Waals surface area (Å²) in [6, 6.07) is 2.04. The Morgan fingerprint density at radius 2 is 2.20 bits per heavy atom. The molecule has 2 heterocycles. The molecule has 2 aromatic rings. The van der Waals surface area contributed by atoms with Gasteiger partial charge >= 0.3 is 0 Å². The third-order valence-corrected chi connectivity index (χ3v) is 4.24. The van der Waals surface area contributed by atoms with Crippen LogP contribution >= 0.6 is 22.9 Å². The zero-order valence-electron chi connectivity index (χ0n) is 11.6. The van der Waals surface area contributed by atoms with E-state index in [1.165, 1.54) is 17.7 Å². The van der Waals surface area contributed by atoms with Gasteiger partial charge in [0.1, 0.15) is 16.4 Å². The van der Waals surface area contributed by atoms with Crippen molar-refractivity contribution in [2.24, 2.45) is 0 Å². The fourth-order valence-electron chi connectivity index (χ4n) is 2.06. The molecule has 0 radical (unpaired) electrons. The SMILES string of the molecule is CCN(C(=O)c1sccc1-c1cncnc1Cl)C(C)C. The van der Waals surface area contributed by atoms with Crippen molar-refractivity contribution in [1.82, 2.24) is 14.9 Å². The van der Waals surface area contributed by atoms with Crippen molar-refractivity contribution >= 4 is 28.8 Å². The summed E-state index contributed by atoms with van der Waals surface area (Å²) in [5.74, 6) is 0.0208. The molecule has 106 valence electrons. The molecule has 0 aliphatic heterocycles. The molecule has 2 aromatic heterocycles. The van der Waals surface area contributed by atoms with E-state index in [1.807, 2.05) is 37.1 Å². The number of carbonyl (C=O) groups is 1. The quantitative estimate of drug-likeness (QED) is 0.808. The molecule has 4 nitrogen and oxygen atoms in total. The summed E-state index contributed by atoms with van der Waals surface area (Å²) in [5.41, 5.74) is 1.49. The first-order valence-corrected chi connectivity index (χ1v) is 7.66. The van der Waals surface area contributed by atoms with Crippen molar-refractivity contribution in [3.8, 4) is 11.1 Å². The van der Waals surface area contributed by atoms with Crippen molar-refractivity contribution in [2.75, 3.05) is 6.54 Å². The van der Waals surface area contributed by atoms with Gasteiger partial charge in [-0.1, -0.05) is 11.6 Å². The molecule has 0 aliphatic carbocycles. The lowest BCUT2D eigenvalue weighted by molar-refractivity contribution is 0.0722. The molecule has 0 aliphatic rings. The summed E-state index contributed by atoms with van der Waals surface area (Å²) in [4.78, 5) is 23.1. The highest BCUT2D eigenvalue weighted by atomic mass is 35.5. The topological polar surface area (TPSA) is 46.1 Å². The van der Waals surface area contributed by atoms with E-state index in [2.05, 4.69) is 9.97 Å². The number of carbonyl (C=O) groups excluding carboxylic acids is 1. The lowest BCUT2D eigenvalue weighted by Gasteiger charge is -2.25. The van der Waals surface area contributed by atoms with E-state index in [1.54, 1.807) is 6.20 Å². The molecule has 2 rings (SSSR count). The molecule has 0 saturated heterocycles. The Morgan fingerprint density at radius 3 is 2.80 bits per heavy atom.